The summed E-state index contributed by atoms with van der Waals surface area (Å²) in [5.41, 5.74) is 1.61. The van der Waals surface area contributed by atoms with Crippen molar-refractivity contribution in [2.45, 2.75) is 13.5 Å². The summed E-state index contributed by atoms with van der Waals surface area (Å²) in [5.74, 6) is 2.49. The molecule has 0 saturated carbocycles. The molecular formula is C16H13N5O2. The molecular weight excluding hydrogens is 294 g/mol. The molecule has 3 heterocycles. The van der Waals surface area contributed by atoms with Gasteiger partial charge in [0, 0.05) is 11.8 Å². The first-order valence-corrected chi connectivity index (χ1v) is 7.12. The molecule has 4 aromatic rings. The monoisotopic (exact) mass is 307 g/mol. The lowest BCUT2D eigenvalue weighted by atomic mass is 10.2. The van der Waals surface area contributed by atoms with Crippen LogP contribution in [-0.4, -0.2) is 24.7 Å². The van der Waals surface area contributed by atoms with E-state index in [1.165, 1.54) is 0 Å². The summed E-state index contributed by atoms with van der Waals surface area (Å²) in [7, 11) is 0. The predicted octanol–water partition coefficient (Wildman–Crippen LogP) is 2.67. The van der Waals surface area contributed by atoms with Gasteiger partial charge in [0.15, 0.2) is 12.3 Å². The minimum Gasteiger partial charge on any atom is -0.484 e. The van der Waals surface area contributed by atoms with Gasteiger partial charge in [-0.1, -0.05) is 23.4 Å². The summed E-state index contributed by atoms with van der Waals surface area (Å²) in [6.45, 7) is 2.12. The summed E-state index contributed by atoms with van der Waals surface area (Å²) in [5, 5.41) is 12.1. The first-order chi connectivity index (χ1) is 11.3. The fraction of sp³-hybridized carbons (Fsp3) is 0.125. The van der Waals surface area contributed by atoms with Gasteiger partial charge < -0.3 is 9.26 Å². The van der Waals surface area contributed by atoms with Crippen LogP contribution in [0.5, 0.6) is 5.75 Å². The second-order valence-electron chi connectivity index (χ2n) is 5.01. The van der Waals surface area contributed by atoms with Crippen LogP contribution in [0.4, 0.5) is 0 Å². The van der Waals surface area contributed by atoms with Gasteiger partial charge in [0.25, 0.3) is 5.89 Å². The highest BCUT2D eigenvalue weighted by Gasteiger charge is 2.11. The van der Waals surface area contributed by atoms with Gasteiger partial charge in [-0.05, 0) is 31.2 Å². The zero-order valence-electron chi connectivity index (χ0n) is 12.4. The van der Waals surface area contributed by atoms with Crippen molar-refractivity contribution in [3.05, 3.63) is 60.4 Å². The molecule has 0 amide bonds. The van der Waals surface area contributed by atoms with E-state index >= 15 is 0 Å². The molecule has 23 heavy (non-hydrogen) atoms. The third kappa shape index (κ3) is 2.64. The number of hydrogen-bond acceptors (Lipinski definition) is 6. The third-order valence-electron chi connectivity index (χ3n) is 3.40. The molecule has 0 bridgehead atoms. The second kappa shape index (κ2) is 5.53. The molecule has 0 spiro atoms. The minimum atomic E-state index is 0.227. The Hall–Kier alpha value is -3.22. The molecule has 0 aliphatic rings. The number of ether oxygens (including phenoxy) is 1. The van der Waals surface area contributed by atoms with Gasteiger partial charge >= 0.3 is 0 Å². The lowest BCUT2D eigenvalue weighted by molar-refractivity contribution is 0.243. The molecule has 7 heteroatoms. The van der Waals surface area contributed by atoms with Gasteiger partial charge in [0.2, 0.25) is 5.82 Å². The van der Waals surface area contributed by atoms with E-state index in [0.717, 1.165) is 22.8 Å². The number of nitrogens with zero attached hydrogens (tertiary/aromatic N) is 5. The molecule has 0 aliphatic heterocycles. The Bertz CT molecular complexity index is 945. The highest BCUT2D eigenvalue weighted by atomic mass is 16.5. The zero-order valence-corrected chi connectivity index (χ0v) is 12.4. The summed E-state index contributed by atoms with van der Waals surface area (Å²) < 4.78 is 12.7. The van der Waals surface area contributed by atoms with Crippen LogP contribution in [0.3, 0.4) is 0 Å². The molecule has 0 unspecified atom stereocenters. The Balaban J connectivity index is 1.55. The van der Waals surface area contributed by atoms with E-state index in [9.17, 15) is 0 Å². The van der Waals surface area contributed by atoms with Gasteiger partial charge in [-0.2, -0.15) is 4.98 Å². The summed E-state index contributed by atoms with van der Waals surface area (Å²) in [6.07, 6.45) is 1.89. The van der Waals surface area contributed by atoms with Crippen LogP contribution in [0.25, 0.3) is 17.0 Å². The molecule has 3 aromatic heterocycles. The Morgan fingerprint density at radius 1 is 1.09 bits per heavy atom. The number of aromatic nitrogens is 5. The first-order valence-electron chi connectivity index (χ1n) is 7.12. The SMILES string of the molecule is Cc1nnc2ccc(-c3noc(COc4ccccc4)n3)cn12. The molecule has 0 aliphatic carbocycles. The van der Waals surface area contributed by atoms with Gasteiger partial charge in [0.1, 0.15) is 11.6 Å². The number of aryl methyl sites for hydroxylation is 1. The highest BCUT2D eigenvalue weighted by Crippen LogP contribution is 2.18. The average Bonchev–Trinajstić information content (AvgIpc) is 3.21. The van der Waals surface area contributed by atoms with E-state index in [2.05, 4.69) is 20.3 Å². The molecule has 4 rings (SSSR count). The first kappa shape index (κ1) is 13.4. The van der Waals surface area contributed by atoms with Crippen LogP contribution in [0, 0.1) is 6.92 Å². The fourth-order valence-electron chi connectivity index (χ4n) is 2.23. The number of fused-ring (bicyclic) bond motifs is 1. The normalized spacial score (nSPS) is 11.0. The maximum Gasteiger partial charge on any atom is 0.264 e. The Kier molecular flexibility index (Phi) is 3.23. The van der Waals surface area contributed by atoms with Gasteiger partial charge in [-0.15, -0.1) is 10.2 Å². The van der Waals surface area contributed by atoms with Crippen LogP contribution in [0.1, 0.15) is 11.7 Å². The van der Waals surface area contributed by atoms with E-state index in [4.69, 9.17) is 9.26 Å². The smallest absolute Gasteiger partial charge is 0.264 e. The highest BCUT2D eigenvalue weighted by molar-refractivity contribution is 5.56. The second-order valence-corrected chi connectivity index (χ2v) is 5.01. The van der Waals surface area contributed by atoms with Crippen LogP contribution in [0.15, 0.2) is 53.2 Å². The maximum atomic E-state index is 5.60. The quantitative estimate of drug-likeness (QED) is 0.577. The third-order valence-corrected chi connectivity index (χ3v) is 3.40. The van der Waals surface area contributed by atoms with E-state index in [0.29, 0.717) is 11.7 Å². The number of para-hydroxylation sites is 1. The molecule has 0 radical (unpaired) electrons. The fourth-order valence-corrected chi connectivity index (χ4v) is 2.23. The molecule has 0 fully saturated rings. The topological polar surface area (TPSA) is 78.3 Å². The maximum absolute atomic E-state index is 5.60. The van der Waals surface area contributed by atoms with Crippen LogP contribution < -0.4 is 4.74 Å². The number of hydrogen-bond donors (Lipinski definition) is 0. The van der Waals surface area contributed by atoms with Crippen molar-refractivity contribution in [3.63, 3.8) is 0 Å². The van der Waals surface area contributed by atoms with Gasteiger partial charge in [-0.3, -0.25) is 4.40 Å². The molecule has 7 nitrogen and oxygen atoms in total. The molecule has 0 saturated heterocycles. The number of pyridine rings is 1. The largest absolute Gasteiger partial charge is 0.484 e. The standard InChI is InChI=1S/C16H13N5O2/c1-11-18-19-14-8-7-12(9-21(11)14)16-17-15(23-20-16)10-22-13-5-3-2-4-6-13/h2-9H,10H2,1H3. The van der Waals surface area contributed by atoms with Crippen LogP contribution >= 0.6 is 0 Å². The molecule has 114 valence electrons. The van der Waals surface area contributed by atoms with Crippen molar-refractivity contribution in [2.24, 2.45) is 0 Å². The average molecular weight is 307 g/mol. The lowest BCUT2D eigenvalue weighted by Crippen LogP contribution is -1.95. The van der Waals surface area contributed by atoms with Crippen molar-refractivity contribution in [2.75, 3.05) is 0 Å². The number of rotatable bonds is 4. The predicted molar refractivity (Wildman–Crippen MR) is 81.8 cm³/mol. The Labute approximate surface area is 131 Å². The van der Waals surface area contributed by atoms with Crippen molar-refractivity contribution in [3.8, 4) is 17.1 Å². The summed E-state index contributed by atoms with van der Waals surface area (Å²) in [4.78, 5) is 4.36. The van der Waals surface area contributed by atoms with E-state index in [1.807, 2.05) is 60.0 Å². The Morgan fingerprint density at radius 3 is 2.83 bits per heavy atom. The zero-order chi connectivity index (χ0) is 15.6. The van der Waals surface area contributed by atoms with Crippen molar-refractivity contribution < 1.29 is 9.26 Å². The molecule has 0 atom stereocenters. The van der Waals surface area contributed by atoms with Gasteiger partial charge in [-0.25, -0.2) is 0 Å². The minimum absolute atomic E-state index is 0.227. The van der Waals surface area contributed by atoms with E-state index < -0.39 is 0 Å². The van der Waals surface area contributed by atoms with Crippen molar-refractivity contribution in [1.82, 2.24) is 24.7 Å². The lowest BCUT2D eigenvalue weighted by Gasteiger charge is -2.01. The van der Waals surface area contributed by atoms with Crippen LogP contribution in [0.2, 0.25) is 0 Å². The summed E-state index contributed by atoms with van der Waals surface area (Å²) >= 11 is 0. The van der Waals surface area contributed by atoms with Gasteiger partial charge in [0.05, 0.1) is 0 Å². The van der Waals surface area contributed by atoms with Crippen molar-refractivity contribution in [1.29, 1.82) is 0 Å². The van der Waals surface area contributed by atoms with Crippen molar-refractivity contribution >= 4 is 5.65 Å². The molecule has 0 N–H and O–H groups in total. The number of benzene rings is 1. The Morgan fingerprint density at radius 2 is 1.96 bits per heavy atom. The molecule has 1 aromatic carbocycles. The van der Waals surface area contributed by atoms with Crippen LogP contribution in [-0.2, 0) is 6.61 Å². The van der Waals surface area contributed by atoms with E-state index in [1.54, 1.807) is 0 Å². The summed E-state index contributed by atoms with van der Waals surface area (Å²) in [6, 6.07) is 13.2. The van der Waals surface area contributed by atoms with E-state index in [-0.39, 0.29) is 6.61 Å².